The van der Waals surface area contributed by atoms with Crippen LogP contribution in [0.4, 0.5) is 5.69 Å². The van der Waals surface area contributed by atoms with Gasteiger partial charge in [0.05, 0.1) is 29.2 Å². The summed E-state index contributed by atoms with van der Waals surface area (Å²) in [6.45, 7) is 9.90. The second kappa shape index (κ2) is 10.2. The molecule has 3 aromatic rings. The fourth-order valence-electron chi connectivity index (χ4n) is 3.26. The lowest BCUT2D eigenvalue weighted by Crippen LogP contribution is -2.16. The summed E-state index contributed by atoms with van der Waals surface area (Å²) >= 11 is 0. The first-order valence-electron chi connectivity index (χ1n) is 10.7. The predicted octanol–water partition coefficient (Wildman–Crippen LogP) is 6.48. The normalized spacial score (nSPS) is 11.9. The monoisotopic (exact) mass is 418 g/mol. The number of carbonyl (C=O) groups excluding carboxylic acids is 1. The van der Waals surface area contributed by atoms with Gasteiger partial charge in [0.25, 0.3) is 5.91 Å². The number of amides is 1. The second-order valence-corrected chi connectivity index (χ2v) is 7.77. The van der Waals surface area contributed by atoms with Crippen molar-refractivity contribution < 1.29 is 14.3 Å². The van der Waals surface area contributed by atoms with Gasteiger partial charge >= 0.3 is 0 Å². The summed E-state index contributed by atoms with van der Waals surface area (Å²) in [5, 5.41) is 2.92. The molecule has 0 aliphatic carbocycles. The number of aromatic nitrogens is 1. The van der Waals surface area contributed by atoms with E-state index in [0.29, 0.717) is 22.7 Å². The van der Waals surface area contributed by atoms with Crippen LogP contribution in [0.2, 0.25) is 0 Å². The first-order valence-corrected chi connectivity index (χ1v) is 10.7. The molecule has 0 spiro atoms. The van der Waals surface area contributed by atoms with Gasteiger partial charge in [-0.25, -0.2) is 0 Å². The minimum atomic E-state index is -0.196. The predicted molar refractivity (Wildman–Crippen MR) is 124 cm³/mol. The van der Waals surface area contributed by atoms with Gasteiger partial charge in [0.1, 0.15) is 11.5 Å². The van der Waals surface area contributed by atoms with Crippen LogP contribution in [0.3, 0.4) is 0 Å². The topological polar surface area (TPSA) is 60.5 Å². The average Bonchev–Trinajstić information content (AvgIpc) is 2.75. The number of hydrogen-bond donors (Lipinski definition) is 1. The van der Waals surface area contributed by atoms with Gasteiger partial charge in [-0.05, 0) is 88.2 Å². The molecule has 1 unspecified atom stereocenters. The van der Waals surface area contributed by atoms with Gasteiger partial charge in [-0.1, -0.05) is 19.1 Å². The maximum atomic E-state index is 12.7. The summed E-state index contributed by atoms with van der Waals surface area (Å²) in [5.41, 5.74) is 3.99. The number of aryl methyl sites for hydroxylation is 2. The van der Waals surface area contributed by atoms with Crippen LogP contribution in [-0.4, -0.2) is 17.0 Å². The molecule has 2 aromatic carbocycles. The van der Waals surface area contributed by atoms with Crippen LogP contribution in [-0.2, 0) is 11.2 Å². The Morgan fingerprint density at radius 2 is 1.55 bits per heavy atom. The number of anilines is 1. The lowest BCUT2D eigenvalue weighted by Gasteiger charge is -2.17. The molecule has 162 valence electrons. The molecule has 1 atom stereocenters. The van der Waals surface area contributed by atoms with Crippen molar-refractivity contribution in [3.05, 3.63) is 83.2 Å². The number of nitrogens with zero attached hydrogens (tertiary/aromatic N) is 1. The number of pyridine rings is 1. The van der Waals surface area contributed by atoms with Gasteiger partial charge < -0.3 is 14.8 Å². The fraction of sp³-hybridized carbons (Fsp3) is 0.308. The molecular weight excluding hydrogens is 388 g/mol. The third-order valence-corrected chi connectivity index (χ3v) is 4.92. The zero-order chi connectivity index (χ0) is 22.4. The Labute approximate surface area is 184 Å². The summed E-state index contributed by atoms with van der Waals surface area (Å²) in [5.74, 6) is 1.30. The second-order valence-electron chi connectivity index (χ2n) is 7.77. The minimum Gasteiger partial charge on any atom is -0.457 e. The number of benzene rings is 2. The van der Waals surface area contributed by atoms with Gasteiger partial charge in [0.2, 0.25) is 0 Å². The van der Waals surface area contributed by atoms with Crippen LogP contribution in [0, 0.1) is 6.92 Å². The molecule has 0 saturated carbocycles. The van der Waals surface area contributed by atoms with Crippen LogP contribution in [0.25, 0.3) is 0 Å². The average molecular weight is 419 g/mol. The van der Waals surface area contributed by atoms with E-state index in [0.717, 1.165) is 17.9 Å². The molecule has 1 amide bonds. The maximum absolute atomic E-state index is 12.7. The van der Waals surface area contributed by atoms with Crippen LogP contribution in [0.15, 0.2) is 60.7 Å². The van der Waals surface area contributed by atoms with Crippen molar-refractivity contribution in [1.29, 1.82) is 0 Å². The van der Waals surface area contributed by atoms with Crippen LogP contribution in [0.1, 0.15) is 61.1 Å². The summed E-state index contributed by atoms with van der Waals surface area (Å²) in [6.07, 6.45) is 0.987. The highest BCUT2D eigenvalue weighted by Crippen LogP contribution is 2.24. The number of ether oxygens (including phenoxy) is 2. The summed E-state index contributed by atoms with van der Waals surface area (Å²) in [7, 11) is 0. The third-order valence-electron chi connectivity index (χ3n) is 4.92. The smallest absolute Gasteiger partial charge is 0.257 e. The van der Waals surface area contributed by atoms with E-state index in [2.05, 4.69) is 29.4 Å². The van der Waals surface area contributed by atoms with Crippen LogP contribution < -0.4 is 10.1 Å². The molecular formula is C26H30N2O3. The maximum Gasteiger partial charge on any atom is 0.257 e. The van der Waals surface area contributed by atoms with Crippen molar-refractivity contribution in [2.75, 3.05) is 5.32 Å². The summed E-state index contributed by atoms with van der Waals surface area (Å²) in [6, 6.07) is 19.0. The lowest BCUT2D eigenvalue weighted by atomic mass is 10.1. The van der Waals surface area contributed by atoms with Gasteiger partial charge in [0, 0.05) is 5.69 Å². The lowest BCUT2D eigenvalue weighted by molar-refractivity contribution is 0.0154. The van der Waals surface area contributed by atoms with Gasteiger partial charge in [0.15, 0.2) is 0 Å². The van der Waals surface area contributed by atoms with E-state index in [1.165, 1.54) is 5.56 Å². The molecule has 1 aromatic heterocycles. The van der Waals surface area contributed by atoms with Crippen molar-refractivity contribution in [2.45, 2.75) is 53.2 Å². The Morgan fingerprint density at radius 1 is 0.935 bits per heavy atom. The van der Waals surface area contributed by atoms with E-state index in [1.807, 2.05) is 70.2 Å². The zero-order valence-corrected chi connectivity index (χ0v) is 18.8. The molecule has 1 N–H and O–H groups in total. The van der Waals surface area contributed by atoms with Gasteiger partial charge in [-0.3, -0.25) is 9.78 Å². The van der Waals surface area contributed by atoms with Crippen molar-refractivity contribution in [2.24, 2.45) is 0 Å². The molecule has 5 heteroatoms. The van der Waals surface area contributed by atoms with Crippen LogP contribution >= 0.6 is 0 Å². The first-order chi connectivity index (χ1) is 14.9. The van der Waals surface area contributed by atoms with Crippen molar-refractivity contribution in [3.8, 4) is 11.5 Å². The van der Waals surface area contributed by atoms with E-state index in [-0.39, 0.29) is 18.1 Å². The Kier molecular flexibility index (Phi) is 7.42. The van der Waals surface area contributed by atoms with E-state index in [1.54, 1.807) is 6.07 Å². The fourth-order valence-corrected chi connectivity index (χ4v) is 3.26. The van der Waals surface area contributed by atoms with Gasteiger partial charge in [-0.15, -0.1) is 0 Å². The van der Waals surface area contributed by atoms with E-state index in [4.69, 9.17) is 9.47 Å². The molecule has 0 saturated heterocycles. The Bertz CT molecular complexity index is 1010. The molecule has 0 aliphatic rings. The number of rotatable bonds is 8. The molecule has 0 bridgehead atoms. The Hall–Kier alpha value is -3.18. The van der Waals surface area contributed by atoms with Crippen LogP contribution in [0.5, 0.6) is 11.5 Å². The van der Waals surface area contributed by atoms with E-state index < -0.39 is 0 Å². The van der Waals surface area contributed by atoms with E-state index >= 15 is 0 Å². The summed E-state index contributed by atoms with van der Waals surface area (Å²) < 4.78 is 11.6. The SMILES string of the molecule is CCc1ccc(Oc2ccc(NC(=O)c3ccc(C(C)OC(C)C)nc3C)cc2)cc1. The quantitative estimate of drug-likeness (QED) is 0.455. The third kappa shape index (κ3) is 6.15. The molecule has 3 rings (SSSR count). The number of carbonyl (C=O) groups is 1. The highest BCUT2D eigenvalue weighted by atomic mass is 16.5. The van der Waals surface area contributed by atoms with E-state index in [9.17, 15) is 4.79 Å². The largest absolute Gasteiger partial charge is 0.457 e. The van der Waals surface area contributed by atoms with Crippen molar-refractivity contribution in [3.63, 3.8) is 0 Å². The van der Waals surface area contributed by atoms with Gasteiger partial charge in [-0.2, -0.15) is 0 Å². The highest BCUT2D eigenvalue weighted by Gasteiger charge is 2.15. The molecule has 5 nitrogen and oxygen atoms in total. The standard InChI is InChI=1S/C26H30N2O3/c1-6-20-7-11-22(12-8-20)31-23-13-9-21(10-14-23)28-26(29)24-15-16-25(27-18(24)4)19(5)30-17(2)3/h7-17,19H,6H2,1-5H3,(H,28,29). The number of hydrogen-bond acceptors (Lipinski definition) is 4. The first kappa shape index (κ1) is 22.5. The summed E-state index contributed by atoms with van der Waals surface area (Å²) in [4.78, 5) is 17.3. The Morgan fingerprint density at radius 3 is 2.10 bits per heavy atom. The number of nitrogens with one attached hydrogen (secondary N) is 1. The minimum absolute atomic E-state index is 0.114. The Balaban J connectivity index is 1.63. The highest BCUT2D eigenvalue weighted by molar-refractivity contribution is 6.05. The molecule has 1 heterocycles. The van der Waals surface area contributed by atoms with Crippen molar-refractivity contribution >= 4 is 11.6 Å². The molecule has 0 aliphatic heterocycles. The molecule has 0 fully saturated rings. The molecule has 31 heavy (non-hydrogen) atoms. The molecule has 0 radical (unpaired) electrons. The van der Waals surface area contributed by atoms with Crippen molar-refractivity contribution in [1.82, 2.24) is 4.98 Å². The zero-order valence-electron chi connectivity index (χ0n) is 18.8.